The van der Waals surface area contributed by atoms with E-state index in [0.717, 1.165) is 10.4 Å². The topological polar surface area (TPSA) is 92.5 Å². The van der Waals surface area contributed by atoms with Gasteiger partial charge >= 0.3 is 0 Å². The Kier molecular flexibility index (Phi) is 5.68. The molecule has 136 valence electrons. The second-order valence-corrected chi connectivity index (χ2v) is 7.27. The molecule has 3 amide bonds. The van der Waals surface area contributed by atoms with Crippen molar-refractivity contribution in [3.05, 3.63) is 57.8 Å². The molecule has 7 heteroatoms. The minimum atomic E-state index is -0.485. The highest BCUT2D eigenvalue weighted by molar-refractivity contribution is 7.12. The van der Waals surface area contributed by atoms with E-state index in [1.165, 1.54) is 11.3 Å². The molecule has 1 aromatic carbocycles. The molecule has 0 atom stereocenters. The molecule has 1 fully saturated rings. The molecule has 3 rings (SSSR count). The van der Waals surface area contributed by atoms with E-state index in [1.54, 1.807) is 18.2 Å². The van der Waals surface area contributed by atoms with Crippen molar-refractivity contribution < 1.29 is 14.4 Å². The van der Waals surface area contributed by atoms with E-state index in [9.17, 15) is 14.4 Å². The van der Waals surface area contributed by atoms with Crippen LogP contribution in [0.2, 0.25) is 0 Å². The number of carbonyl (C=O) groups excluding carboxylic acids is 3. The van der Waals surface area contributed by atoms with Gasteiger partial charge in [-0.3, -0.25) is 14.4 Å². The summed E-state index contributed by atoms with van der Waals surface area (Å²) in [5.41, 5.74) is 6.53. The average Bonchev–Trinajstić information content (AvgIpc) is 3.20. The number of hydrogen-bond donors (Lipinski definition) is 2. The van der Waals surface area contributed by atoms with Crippen molar-refractivity contribution in [2.24, 2.45) is 11.7 Å². The normalized spacial score (nSPS) is 14.8. The lowest BCUT2D eigenvalue weighted by molar-refractivity contribution is -0.126. The van der Waals surface area contributed by atoms with E-state index in [2.05, 4.69) is 5.32 Å². The number of rotatable bonds is 5. The zero-order chi connectivity index (χ0) is 18.5. The summed E-state index contributed by atoms with van der Waals surface area (Å²) in [7, 11) is 0. The quantitative estimate of drug-likeness (QED) is 0.842. The number of nitrogens with two attached hydrogens (primary N) is 1. The number of piperidine rings is 1. The van der Waals surface area contributed by atoms with Crippen LogP contribution in [-0.4, -0.2) is 35.7 Å². The molecule has 1 aliphatic heterocycles. The molecule has 0 spiro atoms. The fourth-order valence-corrected chi connectivity index (χ4v) is 3.76. The lowest BCUT2D eigenvalue weighted by Gasteiger charge is -2.31. The van der Waals surface area contributed by atoms with Gasteiger partial charge in [-0.2, -0.15) is 0 Å². The summed E-state index contributed by atoms with van der Waals surface area (Å²) < 4.78 is 0. The highest BCUT2D eigenvalue weighted by atomic mass is 32.1. The molecular formula is C19H21N3O3S. The van der Waals surface area contributed by atoms with Crippen LogP contribution >= 0.6 is 11.3 Å². The van der Waals surface area contributed by atoms with Crippen LogP contribution in [0.15, 0.2) is 41.8 Å². The Bertz CT molecular complexity index is 796. The molecule has 0 bridgehead atoms. The van der Waals surface area contributed by atoms with Crippen molar-refractivity contribution in [2.75, 3.05) is 13.1 Å². The third-order valence-electron chi connectivity index (χ3n) is 4.56. The Balaban J connectivity index is 1.49. The molecule has 3 N–H and O–H groups in total. The third kappa shape index (κ3) is 4.29. The highest BCUT2D eigenvalue weighted by Crippen LogP contribution is 2.21. The summed E-state index contributed by atoms with van der Waals surface area (Å²) in [5.74, 6) is -0.553. The third-order valence-corrected chi connectivity index (χ3v) is 5.42. The summed E-state index contributed by atoms with van der Waals surface area (Å²) in [4.78, 5) is 38.5. The van der Waals surface area contributed by atoms with E-state index in [-0.39, 0.29) is 17.7 Å². The number of hydrogen-bond acceptors (Lipinski definition) is 4. The standard InChI is InChI=1S/C19H21N3O3S/c20-17(23)15-4-1-3-13(11-15)12-21-18(24)14-6-8-22(9-7-14)19(25)16-5-2-10-26-16/h1-5,10-11,14H,6-9,12H2,(H2,20,23)(H,21,24). The summed E-state index contributed by atoms with van der Waals surface area (Å²) in [6, 6.07) is 10.6. The van der Waals surface area contributed by atoms with Gasteiger partial charge in [0.25, 0.3) is 5.91 Å². The first kappa shape index (κ1) is 18.1. The van der Waals surface area contributed by atoms with Crippen LogP contribution in [0.1, 0.15) is 38.4 Å². The van der Waals surface area contributed by atoms with Gasteiger partial charge in [0.2, 0.25) is 11.8 Å². The van der Waals surface area contributed by atoms with E-state index in [4.69, 9.17) is 5.73 Å². The number of amides is 3. The first-order valence-electron chi connectivity index (χ1n) is 8.54. The van der Waals surface area contributed by atoms with Crippen LogP contribution in [0.3, 0.4) is 0 Å². The molecule has 2 aromatic rings. The van der Waals surface area contributed by atoms with Gasteiger partial charge in [-0.25, -0.2) is 0 Å². The fourth-order valence-electron chi connectivity index (χ4n) is 3.07. The molecule has 0 radical (unpaired) electrons. The lowest BCUT2D eigenvalue weighted by Crippen LogP contribution is -2.42. The van der Waals surface area contributed by atoms with Crippen molar-refractivity contribution in [1.82, 2.24) is 10.2 Å². The van der Waals surface area contributed by atoms with Crippen molar-refractivity contribution >= 4 is 29.1 Å². The van der Waals surface area contributed by atoms with Crippen LogP contribution in [0.4, 0.5) is 0 Å². The number of benzene rings is 1. The van der Waals surface area contributed by atoms with Gasteiger partial charge in [0.05, 0.1) is 4.88 Å². The van der Waals surface area contributed by atoms with Crippen molar-refractivity contribution in [3.63, 3.8) is 0 Å². The molecule has 6 nitrogen and oxygen atoms in total. The van der Waals surface area contributed by atoms with Gasteiger partial charge in [-0.15, -0.1) is 11.3 Å². The molecule has 0 saturated carbocycles. The van der Waals surface area contributed by atoms with Gasteiger partial charge in [0.1, 0.15) is 0 Å². The molecular weight excluding hydrogens is 350 g/mol. The van der Waals surface area contributed by atoms with Crippen molar-refractivity contribution in [1.29, 1.82) is 0 Å². The molecule has 1 saturated heterocycles. The maximum atomic E-state index is 12.4. The number of nitrogens with one attached hydrogen (secondary N) is 1. The molecule has 0 aliphatic carbocycles. The number of likely N-dealkylation sites (tertiary alicyclic amines) is 1. The molecule has 0 unspecified atom stereocenters. The van der Waals surface area contributed by atoms with Gasteiger partial charge < -0.3 is 16.0 Å². The van der Waals surface area contributed by atoms with Crippen LogP contribution in [0, 0.1) is 5.92 Å². The number of carbonyl (C=O) groups is 3. The van der Waals surface area contributed by atoms with Crippen LogP contribution in [0.5, 0.6) is 0 Å². The van der Waals surface area contributed by atoms with E-state index >= 15 is 0 Å². The largest absolute Gasteiger partial charge is 0.366 e. The van der Waals surface area contributed by atoms with E-state index in [1.807, 2.05) is 28.5 Å². The summed E-state index contributed by atoms with van der Waals surface area (Å²) in [6.45, 7) is 1.53. The maximum absolute atomic E-state index is 12.4. The average molecular weight is 371 g/mol. The number of primary amides is 1. The Morgan fingerprint density at radius 1 is 1.15 bits per heavy atom. The fraction of sp³-hybridized carbons (Fsp3) is 0.316. The van der Waals surface area contributed by atoms with Crippen molar-refractivity contribution in [3.8, 4) is 0 Å². The highest BCUT2D eigenvalue weighted by Gasteiger charge is 2.27. The number of nitrogens with zero attached hydrogens (tertiary/aromatic N) is 1. The summed E-state index contributed by atoms with van der Waals surface area (Å²) in [6.07, 6.45) is 1.31. The van der Waals surface area contributed by atoms with Crippen molar-refractivity contribution in [2.45, 2.75) is 19.4 Å². The van der Waals surface area contributed by atoms with Gasteiger partial charge in [-0.1, -0.05) is 18.2 Å². The second-order valence-electron chi connectivity index (χ2n) is 6.33. The minimum absolute atomic E-state index is 0.0160. The zero-order valence-electron chi connectivity index (χ0n) is 14.3. The van der Waals surface area contributed by atoms with Gasteiger partial charge in [0.15, 0.2) is 0 Å². The predicted octanol–water partition coefficient (Wildman–Crippen LogP) is 2.02. The molecule has 26 heavy (non-hydrogen) atoms. The maximum Gasteiger partial charge on any atom is 0.263 e. The first-order valence-corrected chi connectivity index (χ1v) is 9.42. The molecule has 2 heterocycles. The van der Waals surface area contributed by atoms with Crippen LogP contribution in [0.25, 0.3) is 0 Å². The van der Waals surface area contributed by atoms with Crippen LogP contribution in [-0.2, 0) is 11.3 Å². The Labute approximate surface area is 156 Å². The van der Waals surface area contributed by atoms with E-state index in [0.29, 0.717) is 38.0 Å². The predicted molar refractivity (Wildman–Crippen MR) is 99.8 cm³/mol. The number of thiophene rings is 1. The summed E-state index contributed by atoms with van der Waals surface area (Å²) >= 11 is 1.44. The Morgan fingerprint density at radius 2 is 1.92 bits per heavy atom. The Morgan fingerprint density at radius 3 is 2.58 bits per heavy atom. The second kappa shape index (κ2) is 8.14. The van der Waals surface area contributed by atoms with Gasteiger partial charge in [0, 0.05) is 31.1 Å². The molecule has 1 aliphatic rings. The SMILES string of the molecule is NC(=O)c1cccc(CNC(=O)C2CCN(C(=O)c3cccs3)CC2)c1. The molecule has 1 aromatic heterocycles. The van der Waals surface area contributed by atoms with Crippen LogP contribution < -0.4 is 11.1 Å². The van der Waals surface area contributed by atoms with Gasteiger partial charge in [-0.05, 0) is 42.0 Å². The Hall–Kier alpha value is -2.67. The smallest absolute Gasteiger partial charge is 0.263 e. The monoisotopic (exact) mass is 371 g/mol. The first-order chi connectivity index (χ1) is 12.5. The zero-order valence-corrected chi connectivity index (χ0v) is 15.1. The lowest BCUT2D eigenvalue weighted by atomic mass is 9.95. The summed E-state index contributed by atoms with van der Waals surface area (Å²) in [5, 5.41) is 4.80. The van der Waals surface area contributed by atoms with E-state index < -0.39 is 5.91 Å². The minimum Gasteiger partial charge on any atom is -0.366 e.